The van der Waals surface area contributed by atoms with Crippen molar-refractivity contribution in [3.63, 3.8) is 0 Å². The molecule has 0 saturated carbocycles. The monoisotopic (exact) mass is 1100 g/mol. The minimum Gasteiger partial charge on any atom is -0.489 e. The summed E-state index contributed by atoms with van der Waals surface area (Å²) in [5.41, 5.74) is 6.74. The summed E-state index contributed by atoms with van der Waals surface area (Å²) in [5.74, 6) is 1.11. The Kier molecular flexibility index (Phi) is 17.0. The summed E-state index contributed by atoms with van der Waals surface area (Å²) in [6.07, 6.45) is 7.73. The van der Waals surface area contributed by atoms with Gasteiger partial charge in [0.2, 0.25) is 23.6 Å². The molecule has 14 nitrogen and oxygen atoms in total. The van der Waals surface area contributed by atoms with Gasteiger partial charge in [0.15, 0.2) is 0 Å². The molecule has 0 bridgehead atoms. The van der Waals surface area contributed by atoms with E-state index in [4.69, 9.17) is 37.4 Å². The van der Waals surface area contributed by atoms with Crippen molar-refractivity contribution in [3.8, 4) is 33.8 Å². The van der Waals surface area contributed by atoms with E-state index in [1.807, 2.05) is 97.0 Å². The zero-order valence-electron chi connectivity index (χ0n) is 42.6. The first-order valence-electron chi connectivity index (χ1n) is 24.9. The number of imide groups is 2. The van der Waals surface area contributed by atoms with Crippen molar-refractivity contribution >= 4 is 108 Å². The van der Waals surface area contributed by atoms with Gasteiger partial charge in [-0.15, -0.1) is 35.1 Å². The zero-order valence-corrected chi connectivity index (χ0v) is 46.5. The number of aromatic nitrogens is 2. The van der Waals surface area contributed by atoms with Gasteiger partial charge in [-0.05, 0) is 134 Å². The number of ether oxygens (including phenoxy) is 3. The molecule has 19 heteroatoms. The van der Waals surface area contributed by atoms with Gasteiger partial charge < -0.3 is 24.4 Å². The van der Waals surface area contributed by atoms with E-state index in [-0.39, 0.29) is 92.1 Å². The molecule has 0 unspecified atom stereocenters. The summed E-state index contributed by atoms with van der Waals surface area (Å²) in [5, 5.41) is 4.63. The van der Waals surface area contributed by atoms with Crippen LogP contribution >= 0.6 is 58.3 Å². The molecule has 4 aromatic heterocycles. The lowest BCUT2D eigenvalue weighted by atomic mass is 10.0. The fourth-order valence-corrected chi connectivity index (χ4v) is 12.9. The Bertz CT molecular complexity index is 3090. The maximum atomic E-state index is 12.5. The molecule has 6 aromatic rings. The summed E-state index contributed by atoms with van der Waals surface area (Å²) >= 11 is 16.1. The van der Waals surface area contributed by atoms with Crippen molar-refractivity contribution in [1.29, 1.82) is 0 Å². The summed E-state index contributed by atoms with van der Waals surface area (Å²) in [7, 11) is 0. The molecular weight excluding hydrogens is 1040 g/mol. The van der Waals surface area contributed by atoms with E-state index in [1.54, 1.807) is 28.6 Å². The van der Waals surface area contributed by atoms with Crippen molar-refractivity contribution in [1.82, 2.24) is 30.0 Å². The van der Waals surface area contributed by atoms with Gasteiger partial charge in [-0.2, -0.15) is 0 Å². The number of benzene rings is 2. The van der Waals surface area contributed by atoms with Crippen LogP contribution in [0.4, 0.5) is 4.79 Å². The predicted molar refractivity (Wildman–Crippen MR) is 294 cm³/mol. The van der Waals surface area contributed by atoms with Crippen LogP contribution in [0.1, 0.15) is 119 Å². The standard InChI is InChI=1S/C30H34ClN3O5S.C25H26ClN3O3S.ClH/c1-17-14-19(31)15-22(27(17)38-20-9-12-33(13-10-20)29(37)39-30(3,4)5)21-8-11-32-23-16-24(40-28(21)23)18(2)34-25(35)6-7-26(34)36;1-14-11-16(26)12-19(24(14)32-17-5-8-27-9-6-17)18-7-10-28-20-13-21(33-25(18)20)15(2)29-22(30)3-4-23(29)31;/h8,11,14-16,18,20H,6-7,9-10,12-13H2,1-5H3;7,10-13,15,17,27H,3-6,8-9H2,1-2H3;1H/t18-;15-;/m00./s1. The van der Waals surface area contributed by atoms with Crippen LogP contribution in [0.3, 0.4) is 0 Å². The fraction of sp³-hybridized carbons (Fsp3) is 0.436. The number of carbonyl (C=O) groups excluding carboxylic acids is 5. The molecule has 2 atom stereocenters. The number of fused-ring (bicyclic) bond motifs is 2. The normalized spacial score (nSPS) is 17.7. The molecule has 74 heavy (non-hydrogen) atoms. The third-order valence-corrected chi connectivity index (χ3v) is 16.7. The fourth-order valence-electron chi connectivity index (χ4n) is 9.96. The highest BCUT2D eigenvalue weighted by atomic mass is 35.5. The lowest BCUT2D eigenvalue weighted by molar-refractivity contribution is -0.142. The van der Waals surface area contributed by atoms with E-state index in [1.165, 1.54) is 21.1 Å². The Labute approximate surface area is 455 Å². The van der Waals surface area contributed by atoms with Gasteiger partial charge in [-0.25, -0.2) is 4.79 Å². The van der Waals surface area contributed by atoms with Crippen LogP contribution in [0.25, 0.3) is 42.7 Å². The van der Waals surface area contributed by atoms with E-state index in [9.17, 15) is 24.0 Å². The molecule has 4 aliphatic heterocycles. The molecule has 4 saturated heterocycles. The number of amides is 5. The first-order chi connectivity index (χ1) is 34.8. The highest BCUT2D eigenvalue weighted by Gasteiger charge is 2.36. The van der Waals surface area contributed by atoms with Crippen molar-refractivity contribution in [2.75, 3.05) is 26.2 Å². The second-order valence-corrected chi connectivity index (χ2v) is 23.2. The van der Waals surface area contributed by atoms with Crippen molar-refractivity contribution in [2.45, 2.75) is 130 Å². The predicted octanol–water partition coefficient (Wildman–Crippen LogP) is 12.6. The van der Waals surface area contributed by atoms with Gasteiger partial charge in [-0.3, -0.25) is 38.9 Å². The van der Waals surface area contributed by atoms with Gasteiger partial charge >= 0.3 is 6.09 Å². The van der Waals surface area contributed by atoms with Gasteiger partial charge in [0.05, 0.1) is 32.5 Å². The number of likely N-dealkylation sites (tertiary alicyclic amines) is 3. The average molecular weight is 1100 g/mol. The van der Waals surface area contributed by atoms with Crippen LogP contribution in [0, 0.1) is 13.8 Å². The van der Waals surface area contributed by atoms with E-state index >= 15 is 0 Å². The Morgan fingerprint density at radius 2 is 1.05 bits per heavy atom. The van der Waals surface area contributed by atoms with Crippen molar-refractivity contribution < 1.29 is 38.2 Å². The van der Waals surface area contributed by atoms with Crippen LogP contribution in [-0.4, -0.2) is 98.4 Å². The topological polar surface area (TPSA) is 161 Å². The smallest absolute Gasteiger partial charge is 0.410 e. The van der Waals surface area contributed by atoms with Crippen molar-refractivity contribution in [3.05, 3.63) is 91.9 Å². The molecule has 0 spiro atoms. The number of thiophene rings is 2. The van der Waals surface area contributed by atoms with Crippen LogP contribution < -0.4 is 14.8 Å². The number of carbonyl (C=O) groups is 5. The van der Waals surface area contributed by atoms with Gasteiger partial charge in [0.25, 0.3) is 0 Å². The van der Waals surface area contributed by atoms with E-state index < -0.39 is 5.60 Å². The zero-order chi connectivity index (χ0) is 51.9. The molecule has 4 aliphatic rings. The molecule has 0 radical (unpaired) electrons. The maximum Gasteiger partial charge on any atom is 0.410 e. The number of piperidine rings is 2. The Morgan fingerprint density at radius 1 is 0.649 bits per heavy atom. The number of nitrogens with zero attached hydrogens (tertiary/aromatic N) is 5. The van der Waals surface area contributed by atoms with Crippen LogP contribution in [0.5, 0.6) is 11.5 Å². The largest absolute Gasteiger partial charge is 0.489 e. The third kappa shape index (κ3) is 11.9. The van der Waals surface area contributed by atoms with E-state index in [0.717, 1.165) is 101 Å². The SMILES string of the molecule is Cc1cc(Cl)cc(-c2ccnc3cc([C@H](C)N4C(=O)CCC4=O)sc23)c1OC1CCN(C(=O)OC(C)(C)C)CC1.Cc1cc(Cl)cc(-c2ccnc3cc([C@H](C)N4C(=O)CCC4=O)sc23)c1OC1CCNCC1.Cl. The minimum atomic E-state index is -0.533. The molecule has 5 amide bonds. The van der Waals surface area contributed by atoms with Crippen LogP contribution in [0.2, 0.25) is 10.0 Å². The third-order valence-electron chi connectivity index (χ3n) is 13.6. The summed E-state index contributed by atoms with van der Waals surface area (Å²) < 4.78 is 20.6. The number of pyridine rings is 2. The first-order valence-corrected chi connectivity index (χ1v) is 27.3. The summed E-state index contributed by atoms with van der Waals surface area (Å²) in [6.45, 7) is 16.4. The highest BCUT2D eigenvalue weighted by molar-refractivity contribution is 7.20. The molecule has 4 fully saturated rings. The van der Waals surface area contributed by atoms with Gasteiger partial charge in [0, 0.05) is 106 Å². The quantitative estimate of drug-likeness (QED) is 0.130. The van der Waals surface area contributed by atoms with Crippen molar-refractivity contribution in [2.24, 2.45) is 0 Å². The molecule has 1 N–H and O–H groups in total. The molecule has 8 heterocycles. The second kappa shape index (κ2) is 22.9. The molecule has 2 aromatic carbocycles. The lowest BCUT2D eigenvalue weighted by Gasteiger charge is -2.34. The average Bonchev–Trinajstić information content (AvgIpc) is 4.15. The highest BCUT2D eigenvalue weighted by Crippen LogP contribution is 2.46. The molecule has 0 aliphatic carbocycles. The number of hydrogen-bond donors (Lipinski definition) is 1. The van der Waals surface area contributed by atoms with Gasteiger partial charge in [-0.1, -0.05) is 23.2 Å². The number of rotatable bonds is 10. The number of hydrogen-bond acceptors (Lipinski definition) is 13. The van der Waals surface area contributed by atoms with E-state index in [2.05, 4.69) is 15.3 Å². The number of halogens is 3. The second-order valence-electron chi connectivity index (χ2n) is 20.2. The van der Waals surface area contributed by atoms with Crippen LogP contribution in [0.15, 0.2) is 60.9 Å². The Hall–Kier alpha value is -5.36. The lowest BCUT2D eigenvalue weighted by Crippen LogP contribution is -2.44. The molecule has 10 rings (SSSR count). The number of aryl methyl sites for hydroxylation is 2. The Morgan fingerprint density at radius 3 is 1.46 bits per heavy atom. The first kappa shape index (κ1) is 54.9. The Balaban J connectivity index is 0.000000198. The van der Waals surface area contributed by atoms with E-state index in [0.29, 0.717) is 36.0 Å². The van der Waals surface area contributed by atoms with Gasteiger partial charge in [0.1, 0.15) is 29.3 Å². The summed E-state index contributed by atoms with van der Waals surface area (Å²) in [4.78, 5) is 77.2. The molecular formula is C55H61Cl3N6O8S2. The minimum absolute atomic E-state index is 0. The number of nitrogens with one attached hydrogen (secondary N) is 1. The maximum absolute atomic E-state index is 12.5. The van der Waals surface area contributed by atoms with Crippen LogP contribution in [-0.2, 0) is 23.9 Å². The summed E-state index contributed by atoms with van der Waals surface area (Å²) in [6, 6.07) is 14.9. The molecule has 392 valence electrons.